The highest BCUT2D eigenvalue weighted by molar-refractivity contribution is 6.44. The Kier molecular flexibility index (Phi) is 13.7. The zero-order valence-electron chi connectivity index (χ0n) is 12.3. The molecule has 0 fully saturated rings. The normalized spacial score (nSPS) is 9.15. The van der Waals surface area contributed by atoms with E-state index >= 15 is 0 Å². The maximum Gasteiger partial charge on any atom is 1.20 e. The molecule has 20 heavy (non-hydrogen) atoms. The van der Waals surface area contributed by atoms with Crippen molar-refractivity contribution in [1.82, 2.24) is 0 Å². The van der Waals surface area contributed by atoms with Crippen molar-refractivity contribution < 1.29 is 31.2 Å². The van der Waals surface area contributed by atoms with Gasteiger partial charge in [-0.1, -0.05) is 20.8 Å². The van der Waals surface area contributed by atoms with Gasteiger partial charge in [-0.2, -0.15) is 0 Å². The van der Waals surface area contributed by atoms with Gasteiger partial charge < -0.3 is 16.8 Å². The molecule has 0 aromatic carbocycles. The quantitative estimate of drug-likeness (QED) is 0.591. The highest BCUT2D eigenvalue weighted by atomic mass is 27.3. The van der Waals surface area contributed by atoms with Crippen molar-refractivity contribution in [3.63, 3.8) is 0 Å². The van der Waals surface area contributed by atoms with Crippen LogP contribution in [0.1, 0.15) is 59.3 Å². The number of hydrogen-bond donors (Lipinski definition) is 0. The topological polar surface area (TPSA) is 110 Å². The van der Waals surface area contributed by atoms with Crippen LogP contribution in [0.15, 0.2) is 0 Å². The SMILES string of the molecule is CCCC(=O)[O][Al]([O]C(=O)CCC)[O]C(=O)CCC.O. The van der Waals surface area contributed by atoms with E-state index in [1.54, 1.807) is 0 Å². The number of carbonyl (C=O) groups excluding carboxylic acids is 3. The lowest BCUT2D eigenvalue weighted by molar-refractivity contribution is -0.147. The molecule has 2 N–H and O–H groups in total. The summed E-state index contributed by atoms with van der Waals surface area (Å²) in [6.07, 6.45) is 2.48. The Labute approximate surface area is 124 Å². The molecule has 0 unspecified atom stereocenters. The van der Waals surface area contributed by atoms with E-state index in [0.29, 0.717) is 19.3 Å². The molecule has 0 spiro atoms. The number of carbonyl (C=O) groups is 3. The summed E-state index contributed by atoms with van der Waals surface area (Å²) in [7, 11) is 0. The van der Waals surface area contributed by atoms with E-state index in [0.717, 1.165) is 0 Å². The van der Waals surface area contributed by atoms with Crippen LogP contribution in [0.3, 0.4) is 0 Å². The predicted molar refractivity (Wildman–Crippen MR) is 72.4 cm³/mol. The monoisotopic (exact) mass is 306 g/mol. The molecule has 7 nitrogen and oxygen atoms in total. The van der Waals surface area contributed by atoms with Crippen LogP contribution in [0.4, 0.5) is 0 Å². The van der Waals surface area contributed by atoms with Crippen molar-refractivity contribution in [2.45, 2.75) is 59.3 Å². The molecule has 8 heteroatoms. The lowest BCUT2D eigenvalue weighted by Crippen LogP contribution is -2.34. The fraction of sp³-hybridized carbons (Fsp3) is 0.750. The molecular formula is C12H23AlO7. The molecule has 0 saturated carbocycles. The molecule has 0 aliphatic heterocycles. The Hall–Kier alpha value is -1.10. The summed E-state index contributed by atoms with van der Waals surface area (Å²) in [5.74, 6) is -1.52. The largest absolute Gasteiger partial charge is 1.20 e. The molecule has 0 aromatic rings. The fourth-order valence-electron chi connectivity index (χ4n) is 1.18. The first-order valence-electron chi connectivity index (χ1n) is 6.61. The third-order valence-corrected chi connectivity index (χ3v) is 3.41. The molecule has 0 amide bonds. The molecule has 0 saturated heterocycles. The van der Waals surface area contributed by atoms with Gasteiger partial charge in [0.15, 0.2) is 0 Å². The molecular weight excluding hydrogens is 283 g/mol. The Bertz CT molecular complexity index is 259. The molecule has 116 valence electrons. The van der Waals surface area contributed by atoms with Gasteiger partial charge in [-0.15, -0.1) is 0 Å². The van der Waals surface area contributed by atoms with Gasteiger partial charge in [0.2, 0.25) is 0 Å². The summed E-state index contributed by atoms with van der Waals surface area (Å²) >= 11 is -3.05. The molecule has 0 rings (SSSR count). The summed E-state index contributed by atoms with van der Waals surface area (Å²) < 4.78 is 14.8. The highest BCUT2D eigenvalue weighted by Crippen LogP contribution is 2.03. The maximum absolute atomic E-state index is 11.4. The third-order valence-electron chi connectivity index (χ3n) is 2.05. The van der Waals surface area contributed by atoms with E-state index in [1.807, 2.05) is 20.8 Å². The summed E-state index contributed by atoms with van der Waals surface area (Å²) in [6, 6.07) is 0. The Morgan fingerprint density at radius 1 is 0.700 bits per heavy atom. The number of hydrogen-bond acceptors (Lipinski definition) is 6. The second-order valence-electron chi connectivity index (χ2n) is 4.01. The van der Waals surface area contributed by atoms with Crippen LogP contribution in [0.5, 0.6) is 0 Å². The molecule has 0 aliphatic carbocycles. The third kappa shape index (κ3) is 10.8. The summed E-state index contributed by atoms with van der Waals surface area (Å²) in [6.45, 7) is 5.47. The van der Waals surface area contributed by atoms with Gasteiger partial charge >= 0.3 is 15.1 Å². The highest BCUT2D eigenvalue weighted by Gasteiger charge is 2.48. The molecule has 0 atom stereocenters. The first kappa shape index (κ1) is 21.2. The lowest BCUT2D eigenvalue weighted by atomic mass is 10.3. The fourth-order valence-corrected chi connectivity index (χ4v) is 2.33. The predicted octanol–water partition coefficient (Wildman–Crippen LogP) is 1.18. The number of rotatable bonds is 9. The van der Waals surface area contributed by atoms with Crippen molar-refractivity contribution in [2.24, 2.45) is 0 Å². The Morgan fingerprint density at radius 3 is 1.15 bits per heavy atom. The van der Waals surface area contributed by atoms with Gasteiger partial charge in [0.05, 0.1) is 0 Å². The molecule has 0 bridgehead atoms. The molecule has 0 aliphatic rings. The standard InChI is InChI=1S/3C4H8O2.Al.H2O/c3*1-2-3-4(5)6;;/h3*2-3H2,1H3,(H,5,6);;1H2/q;;;+3;/p-3. The van der Waals surface area contributed by atoms with Crippen LogP contribution < -0.4 is 0 Å². The van der Waals surface area contributed by atoms with Crippen LogP contribution in [-0.2, 0) is 25.7 Å². The van der Waals surface area contributed by atoms with E-state index in [1.165, 1.54) is 0 Å². The molecule has 0 heterocycles. The average Bonchev–Trinajstić information content (AvgIpc) is 2.29. The van der Waals surface area contributed by atoms with Gasteiger partial charge in [-0.3, -0.25) is 14.4 Å². The smallest absolute Gasteiger partial charge is 0.551 e. The van der Waals surface area contributed by atoms with Crippen LogP contribution in [0.2, 0.25) is 0 Å². The summed E-state index contributed by atoms with van der Waals surface area (Å²) in [5, 5.41) is 0. The van der Waals surface area contributed by atoms with Gasteiger partial charge in [0, 0.05) is 19.3 Å². The van der Waals surface area contributed by atoms with Crippen LogP contribution >= 0.6 is 0 Å². The average molecular weight is 306 g/mol. The van der Waals surface area contributed by atoms with Gasteiger partial charge in [-0.25, -0.2) is 0 Å². The zero-order chi connectivity index (χ0) is 14.7. The second kappa shape index (κ2) is 12.9. The van der Waals surface area contributed by atoms with Gasteiger partial charge in [-0.05, 0) is 19.3 Å². The van der Waals surface area contributed by atoms with Crippen molar-refractivity contribution in [3.05, 3.63) is 0 Å². The molecule has 0 radical (unpaired) electrons. The Balaban J connectivity index is 0. The lowest BCUT2D eigenvalue weighted by Gasteiger charge is -2.12. The van der Waals surface area contributed by atoms with Crippen LogP contribution in [0.25, 0.3) is 0 Å². The van der Waals surface area contributed by atoms with Crippen molar-refractivity contribution in [3.8, 4) is 0 Å². The Morgan fingerprint density at radius 2 is 0.950 bits per heavy atom. The minimum Gasteiger partial charge on any atom is -0.551 e. The van der Waals surface area contributed by atoms with Crippen molar-refractivity contribution in [2.75, 3.05) is 0 Å². The van der Waals surface area contributed by atoms with E-state index < -0.39 is 33.1 Å². The minimum absolute atomic E-state index is 0. The van der Waals surface area contributed by atoms with Gasteiger partial charge in [0.25, 0.3) is 17.9 Å². The second-order valence-corrected chi connectivity index (χ2v) is 5.29. The molecule has 0 aromatic heterocycles. The first-order valence-corrected chi connectivity index (χ1v) is 8.03. The maximum atomic E-state index is 11.4. The summed E-state index contributed by atoms with van der Waals surface area (Å²) in [4.78, 5) is 34.1. The van der Waals surface area contributed by atoms with Crippen molar-refractivity contribution >= 4 is 33.1 Å². The zero-order valence-corrected chi connectivity index (χ0v) is 13.4. The van der Waals surface area contributed by atoms with Crippen molar-refractivity contribution in [1.29, 1.82) is 0 Å². The summed E-state index contributed by atoms with van der Waals surface area (Å²) in [5.41, 5.74) is 0. The van der Waals surface area contributed by atoms with Crippen LogP contribution in [0, 0.1) is 0 Å². The van der Waals surface area contributed by atoms with E-state index in [9.17, 15) is 14.4 Å². The van der Waals surface area contributed by atoms with E-state index in [4.69, 9.17) is 11.4 Å². The van der Waals surface area contributed by atoms with Gasteiger partial charge in [0.1, 0.15) is 0 Å². The minimum atomic E-state index is -3.05. The van der Waals surface area contributed by atoms with E-state index in [-0.39, 0.29) is 24.7 Å². The van der Waals surface area contributed by atoms with Crippen LogP contribution in [-0.4, -0.2) is 38.5 Å². The first-order chi connectivity index (χ1) is 9.03. The van der Waals surface area contributed by atoms with E-state index in [2.05, 4.69) is 0 Å².